The van der Waals surface area contributed by atoms with Gasteiger partial charge in [-0.3, -0.25) is 4.79 Å². The molecule has 9 nitrogen and oxygen atoms in total. The van der Waals surface area contributed by atoms with Crippen molar-refractivity contribution in [2.75, 3.05) is 39.6 Å². The quantitative estimate of drug-likeness (QED) is 0.241. The number of hydrogen-bond acceptors (Lipinski definition) is 9. The molecule has 33 heavy (non-hydrogen) atoms. The van der Waals surface area contributed by atoms with Gasteiger partial charge in [-0.15, -0.1) is 0 Å². The van der Waals surface area contributed by atoms with Crippen molar-refractivity contribution >= 4 is 5.78 Å². The molecule has 0 spiro atoms. The van der Waals surface area contributed by atoms with Crippen LogP contribution in [0.5, 0.6) is 11.5 Å². The SMILES string of the molecule is O=C(c1ccc(OCC(O)CO)cc1)C(c1ccc(OCC(O)CO)cc1)(C1CO1)C1CO1. The molecule has 0 saturated carbocycles. The molecule has 4 rings (SSSR count). The molecule has 0 radical (unpaired) electrons. The second kappa shape index (κ2) is 10.2. The summed E-state index contributed by atoms with van der Waals surface area (Å²) >= 11 is 0. The van der Waals surface area contributed by atoms with Gasteiger partial charge in [-0.25, -0.2) is 0 Å². The summed E-state index contributed by atoms with van der Waals surface area (Å²) in [7, 11) is 0. The molecule has 4 N–H and O–H groups in total. The van der Waals surface area contributed by atoms with Gasteiger partial charge in [0.25, 0.3) is 0 Å². The van der Waals surface area contributed by atoms with Crippen molar-refractivity contribution < 1.29 is 44.2 Å². The summed E-state index contributed by atoms with van der Waals surface area (Å²) in [5, 5.41) is 36.7. The van der Waals surface area contributed by atoms with E-state index in [2.05, 4.69) is 0 Å². The molecule has 2 aromatic carbocycles. The standard InChI is InChI=1S/C24H28O9/c25-9-17(27)11-30-19-5-1-15(2-6-19)23(29)24(21-13-32-21,22-14-33-22)16-3-7-20(8-4-16)31-12-18(28)10-26/h1-8,17-18,21-22,25-28H,9-14H2. The van der Waals surface area contributed by atoms with Crippen LogP contribution in [0.1, 0.15) is 15.9 Å². The number of carbonyl (C=O) groups is 1. The number of aliphatic hydroxyl groups excluding tert-OH is 4. The third-order valence-corrected chi connectivity index (χ3v) is 5.81. The molecule has 178 valence electrons. The predicted molar refractivity (Wildman–Crippen MR) is 116 cm³/mol. The lowest BCUT2D eigenvalue weighted by atomic mass is 9.69. The monoisotopic (exact) mass is 460 g/mol. The molecule has 2 saturated heterocycles. The lowest BCUT2D eigenvalue weighted by Crippen LogP contribution is -2.46. The van der Waals surface area contributed by atoms with E-state index in [1.165, 1.54) is 0 Å². The number of rotatable bonds is 13. The molecule has 9 heteroatoms. The molecule has 0 amide bonds. The van der Waals surface area contributed by atoms with Crippen molar-refractivity contribution in [3.05, 3.63) is 59.7 Å². The zero-order chi connectivity index (χ0) is 23.4. The number of Topliss-reactive ketones (excluding diaryl/α,β-unsaturated/α-hetero) is 1. The Hall–Kier alpha value is -2.53. The number of ether oxygens (including phenoxy) is 4. The van der Waals surface area contributed by atoms with Gasteiger partial charge in [0, 0.05) is 5.56 Å². The van der Waals surface area contributed by atoms with E-state index in [9.17, 15) is 15.0 Å². The zero-order valence-electron chi connectivity index (χ0n) is 18.0. The maximum atomic E-state index is 13.8. The van der Waals surface area contributed by atoms with Crippen molar-refractivity contribution in [1.82, 2.24) is 0 Å². The fraction of sp³-hybridized carbons (Fsp3) is 0.458. The van der Waals surface area contributed by atoms with Gasteiger partial charge >= 0.3 is 0 Å². The molecular weight excluding hydrogens is 432 g/mol. The van der Waals surface area contributed by atoms with Gasteiger partial charge in [0.05, 0.1) is 26.4 Å². The summed E-state index contributed by atoms with van der Waals surface area (Å²) in [6.07, 6.45) is -2.56. The van der Waals surface area contributed by atoms with E-state index in [1.54, 1.807) is 48.5 Å². The Morgan fingerprint density at radius 1 is 0.848 bits per heavy atom. The van der Waals surface area contributed by atoms with E-state index in [4.69, 9.17) is 29.2 Å². The summed E-state index contributed by atoms with van der Waals surface area (Å²) in [4.78, 5) is 13.8. The van der Waals surface area contributed by atoms with Gasteiger partial charge in [0.1, 0.15) is 54.5 Å². The van der Waals surface area contributed by atoms with Crippen molar-refractivity contribution in [2.45, 2.75) is 29.8 Å². The smallest absolute Gasteiger partial charge is 0.178 e. The summed E-state index contributed by atoms with van der Waals surface area (Å²) in [6.45, 7) is 0.0251. The van der Waals surface area contributed by atoms with Crippen LogP contribution in [-0.4, -0.2) is 90.3 Å². The summed E-state index contributed by atoms with van der Waals surface area (Å²) in [5.41, 5.74) is 0.222. The fourth-order valence-electron chi connectivity index (χ4n) is 3.88. The minimum atomic E-state index is -1.00. The van der Waals surface area contributed by atoms with Crippen LogP contribution in [0.4, 0.5) is 0 Å². The van der Waals surface area contributed by atoms with Crippen LogP contribution in [0.25, 0.3) is 0 Å². The molecule has 2 fully saturated rings. The first kappa shape index (κ1) is 23.6. The van der Waals surface area contributed by atoms with Crippen LogP contribution in [0, 0.1) is 0 Å². The Morgan fingerprint density at radius 3 is 1.67 bits per heavy atom. The average molecular weight is 460 g/mol. The molecule has 4 unspecified atom stereocenters. The van der Waals surface area contributed by atoms with Crippen molar-refractivity contribution in [3.8, 4) is 11.5 Å². The van der Waals surface area contributed by atoms with Gasteiger partial charge in [-0.2, -0.15) is 0 Å². The second-order valence-electron chi connectivity index (χ2n) is 8.19. The first-order valence-electron chi connectivity index (χ1n) is 10.8. The third-order valence-electron chi connectivity index (χ3n) is 5.81. The van der Waals surface area contributed by atoms with Crippen molar-refractivity contribution in [1.29, 1.82) is 0 Å². The topological polar surface area (TPSA) is 142 Å². The molecule has 2 aliphatic heterocycles. The molecule has 4 atom stereocenters. The maximum absolute atomic E-state index is 13.8. The van der Waals surface area contributed by atoms with Gasteiger partial charge in [-0.05, 0) is 42.0 Å². The Balaban J connectivity index is 1.56. The molecule has 0 aromatic heterocycles. The number of aliphatic hydroxyl groups is 4. The van der Waals surface area contributed by atoms with E-state index in [-0.39, 0.29) is 37.8 Å². The van der Waals surface area contributed by atoms with Crippen LogP contribution in [0.2, 0.25) is 0 Å². The van der Waals surface area contributed by atoms with E-state index in [0.29, 0.717) is 30.3 Å². The minimum Gasteiger partial charge on any atom is -0.491 e. The minimum absolute atomic E-state index is 0.0405. The number of carbonyl (C=O) groups excluding carboxylic acids is 1. The molecule has 0 aliphatic carbocycles. The Labute approximate surface area is 191 Å². The molecule has 2 aromatic rings. The number of epoxide rings is 2. The van der Waals surface area contributed by atoms with Crippen LogP contribution >= 0.6 is 0 Å². The average Bonchev–Trinajstić information content (AvgIpc) is 3.77. The van der Waals surface area contributed by atoms with Gasteiger partial charge in [0.15, 0.2) is 5.78 Å². The Kier molecular flexibility index (Phi) is 7.28. The van der Waals surface area contributed by atoms with Crippen LogP contribution < -0.4 is 9.47 Å². The Bertz CT molecular complexity index is 908. The lowest BCUT2D eigenvalue weighted by molar-refractivity contribution is 0.0535. The molecule has 2 heterocycles. The first-order chi connectivity index (χ1) is 16.0. The van der Waals surface area contributed by atoms with E-state index in [0.717, 1.165) is 5.56 Å². The van der Waals surface area contributed by atoms with Crippen LogP contribution in [-0.2, 0) is 14.9 Å². The maximum Gasteiger partial charge on any atom is 0.178 e. The summed E-state index contributed by atoms with van der Waals surface area (Å²) in [5.74, 6) is 0.855. The molecule has 0 bridgehead atoms. The third kappa shape index (κ3) is 5.19. The lowest BCUT2D eigenvalue weighted by Gasteiger charge is -2.30. The van der Waals surface area contributed by atoms with E-state index < -0.39 is 24.2 Å². The van der Waals surface area contributed by atoms with Crippen LogP contribution in [0.3, 0.4) is 0 Å². The number of benzene rings is 2. The van der Waals surface area contributed by atoms with Gasteiger partial charge < -0.3 is 39.4 Å². The highest BCUT2D eigenvalue weighted by atomic mass is 16.6. The fourth-order valence-corrected chi connectivity index (χ4v) is 3.88. The molecule has 2 aliphatic rings. The normalized spacial score (nSPS) is 22.7. The Morgan fingerprint density at radius 2 is 1.27 bits per heavy atom. The van der Waals surface area contributed by atoms with Gasteiger partial charge in [0.2, 0.25) is 0 Å². The van der Waals surface area contributed by atoms with Crippen molar-refractivity contribution in [3.63, 3.8) is 0 Å². The highest BCUT2D eigenvalue weighted by Gasteiger charge is 2.63. The largest absolute Gasteiger partial charge is 0.491 e. The number of hydrogen-bond donors (Lipinski definition) is 4. The van der Waals surface area contributed by atoms with E-state index in [1.807, 2.05) is 0 Å². The highest BCUT2D eigenvalue weighted by Crippen LogP contribution is 2.48. The highest BCUT2D eigenvalue weighted by molar-refractivity contribution is 6.06. The van der Waals surface area contributed by atoms with Gasteiger partial charge in [-0.1, -0.05) is 12.1 Å². The second-order valence-corrected chi connectivity index (χ2v) is 8.19. The number of ketones is 1. The predicted octanol–water partition coefficient (Wildman–Crippen LogP) is 0.0689. The summed E-state index contributed by atoms with van der Waals surface area (Å²) in [6, 6.07) is 13.7. The van der Waals surface area contributed by atoms with Crippen molar-refractivity contribution in [2.24, 2.45) is 0 Å². The summed E-state index contributed by atoms with van der Waals surface area (Å²) < 4.78 is 22.2. The first-order valence-corrected chi connectivity index (χ1v) is 10.8. The molecular formula is C24H28O9. The van der Waals surface area contributed by atoms with Crippen LogP contribution in [0.15, 0.2) is 48.5 Å². The van der Waals surface area contributed by atoms with E-state index >= 15 is 0 Å². The zero-order valence-corrected chi connectivity index (χ0v) is 18.0.